The van der Waals surface area contributed by atoms with E-state index < -0.39 is 6.04 Å². The number of amides is 2. The van der Waals surface area contributed by atoms with E-state index in [1.165, 1.54) is 6.92 Å². The number of carbonyl (C=O) groups excluding carboxylic acids is 2. The second-order valence-electron chi connectivity index (χ2n) is 6.31. The van der Waals surface area contributed by atoms with Crippen molar-refractivity contribution in [2.75, 3.05) is 7.11 Å². The number of Topliss-reactive ketones (excluding diaryl/α,β-unsaturated/α-hetero) is 1. The van der Waals surface area contributed by atoms with Crippen molar-refractivity contribution >= 4 is 11.8 Å². The Morgan fingerprint density at radius 3 is 2.52 bits per heavy atom. The van der Waals surface area contributed by atoms with Crippen molar-refractivity contribution in [1.29, 1.82) is 0 Å². The molecule has 6 nitrogen and oxygen atoms in total. The topological polar surface area (TPSA) is 76.7 Å². The third-order valence-corrected chi connectivity index (χ3v) is 4.41. The van der Waals surface area contributed by atoms with Crippen molar-refractivity contribution in [2.24, 2.45) is 0 Å². The summed E-state index contributed by atoms with van der Waals surface area (Å²) in [7, 11) is 1.56. The van der Waals surface area contributed by atoms with Crippen LogP contribution in [0.2, 0.25) is 0 Å². The van der Waals surface area contributed by atoms with Gasteiger partial charge in [-0.25, -0.2) is 4.79 Å². The van der Waals surface area contributed by atoms with Crippen LogP contribution in [0.3, 0.4) is 0 Å². The number of benzene rings is 2. The second-order valence-corrected chi connectivity index (χ2v) is 6.31. The van der Waals surface area contributed by atoms with E-state index in [1.807, 2.05) is 36.4 Å². The van der Waals surface area contributed by atoms with Gasteiger partial charge >= 0.3 is 6.03 Å². The standard InChI is InChI=1S/C21H22N2O4/c1-13-19(14(2)24)20(23-21(25)22-13)16-9-10-17(18(11-16)26-3)27-12-15-7-5-4-6-8-15/h4-11,20H,12H2,1-3H3,(H2,22,23,25)/t20-/m0/s1. The summed E-state index contributed by atoms with van der Waals surface area (Å²) < 4.78 is 11.3. The minimum atomic E-state index is -0.534. The Morgan fingerprint density at radius 1 is 1.11 bits per heavy atom. The number of carbonyl (C=O) groups is 2. The van der Waals surface area contributed by atoms with Gasteiger partial charge in [-0.15, -0.1) is 0 Å². The number of rotatable bonds is 6. The Balaban J connectivity index is 1.88. The SMILES string of the molecule is COc1cc([C@@H]2NC(=O)NC(C)=C2C(C)=O)ccc1OCc1ccccc1. The van der Waals surface area contributed by atoms with Crippen LogP contribution in [0, 0.1) is 0 Å². The average molecular weight is 366 g/mol. The van der Waals surface area contributed by atoms with Crippen molar-refractivity contribution in [1.82, 2.24) is 10.6 Å². The highest BCUT2D eigenvalue weighted by Crippen LogP contribution is 2.34. The number of ether oxygens (including phenoxy) is 2. The predicted octanol–water partition coefficient (Wildman–Crippen LogP) is 3.49. The lowest BCUT2D eigenvalue weighted by Gasteiger charge is -2.28. The molecule has 0 saturated heterocycles. The normalized spacial score (nSPS) is 16.4. The molecular formula is C21H22N2O4. The number of hydrogen-bond donors (Lipinski definition) is 2. The van der Waals surface area contributed by atoms with Crippen molar-refractivity contribution < 1.29 is 19.1 Å². The zero-order chi connectivity index (χ0) is 19.4. The Morgan fingerprint density at radius 2 is 1.85 bits per heavy atom. The zero-order valence-electron chi connectivity index (χ0n) is 15.5. The van der Waals surface area contributed by atoms with E-state index in [2.05, 4.69) is 10.6 Å². The zero-order valence-corrected chi connectivity index (χ0v) is 15.5. The minimum Gasteiger partial charge on any atom is -0.493 e. The summed E-state index contributed by atoms with van der Waals surface area (Å²) >= 11 is 0. The molecule has 6 heteroatoms. The maximum atomic E-state index is 12.1. The smallest absolute Gasteiger partial charge is 0.319 e. The Hall–Kier alpha value is -3.28. The van der Waals surface area contributed by atoms with Gasteiger partial charge in [-0.1, -0.05) is 36.4 Å². The highest BCUT2D eigenvalue weighted by molar-refractivity contribution is 5.98. The summed E-state index contributed by atoms with van der Waals surface area (Å²) in [5, 5.41) is 5.44. The third-order valence-electron chi connectivity index (χ3n) is 4.41. The van der Waals surface area contributed by atoms with Crippen LogP contribution >= 0.6 is 0 Å². The average Bonchev–Trinajstić information content (AvgIpc) is 2.66. The lowest BCUT2D eigenvalue weighted by atomic mass is 9.93. The first-order chi connectivity index (χ1) is 13.0. The van der Waals surface area contributed by atoms with Gasteiger partial charge in [0.05, 0.1) is 13.2 Å². The van der Waals surface area contributed by atoms with Crippen molar-refractivity contribution in [3.63, 3.8) is 0 Å². The number of hydrogen-bond acceptors (Lipinski definition) is 4. The molecule has 140 valence electrons. The fourth-order valence-corrected chi connectivity index (χ4v) is 3.13. The number of urea groups is 1. The van der Waals surface area contributed by atoms with Gasteiger partial charge in [-0.2, -0.15) is 0 Å². The van der Waals surface area contributed by atoms with Crippen LogP contribution < -0.4 is 20.1 Å². The fraction of sp³-hybridized carbons (Fsp3) is 0.238. The van der Waals surface area contributed by atoms with Crippen LogP contribution in [0.5, 0.6) is 11.5 Å². The monoisotopic (exact) mass is 366 g/mol. The van der Waals surface area contributed by atoms with Crippen molar-refractivity contribution in [2.45, 2.75) is 26.5 Å². The van der Waals surface area contributed by atoms with E-state index in [9.17, 15) is 9.59 Å². The van der Waals surface area contributed by atoms with E-state index in [-0.39, 0.29) is 11.8 Å². The molecular weight excluding hydrogens is 344 g/mol. The van der Waals surface area contributed by atoms with Gasteiger partial charge in [0.15, 0.2) is 17.3 Å². The van der Waals surface area contributed by atoms with Gasteiger partial charge in [-0.3, -0.25) is 4.79 Å². The summed E-state index contributed by atoms with van der Waals surface area (Å²) in [6.45, 7) is 3.62. The van der Waals surface area contributed by atoms with E-state index in [0.29, 0.717) is 29.4 Å². The molecule has 0 fully saturated rings. The lowest BCUT2D eigenvalue weighted by Crippen LogP contribution is -2.44. The molecule has 1 aliphatic rings. The predicted molar refractivity (Wildman–Crippen MR) is 102 cm³/mol. The van der Waals surface area contributed by atoms with Gasteiger partial charge in [0.25, 0.3) is 0 Å². The second kappa shape index (κ2) is 7.95. The van der Waals surface area contributed by atoms with Crippen molar-refractivity contribution in [3.05, 3.63) is 70.9 Å². The van der Waals surface area contributed by atoms with E-state index >= 15 is 0 Å². The van der Waals surface area contributed by atoms with Crippen LogP contribution in [-0.2, 0) is 11.4 Å². The summed E-state index contributed by atoms with van der Waals surface area (Å²) in [4.78, 5) is 24.0. The maximum Gasteiger partial charge on any atom is 0.319 e. The molecule has 0 aromatic heterocycles. The molecule has 1 aliphatic heterocycles. The highest BCUT2D eigenvalue weighted by atomic mass is 16.5. The number of allylic oxidation sites excluding steroid dienone is 1. The molecule has 1 atom stereocenters. The molecule has 27 heavy (non-hydrogen) atoms. The first-order valence-corrected chi connectivity index (χ1v) is 8.63. The molecule has 2 amide bonds. The molecule has 0 bridgehead atoms. The van der Waals surface area contributed by atoms with Gasteiger partial charge in [0, 0.05) is 11.3 Å². The third kappa shape index (κ3) is 4.11. The summed E-state index contributed by atoms with van der Waals surface area (Å²) in [5.41, 5.74) is 2.87. The molecule has 2 aromatic carbocycles. The molecule has 2 aromatic rings. The van der Waals surface area contributed by atoms with Gasteiger partial charge < -0.3 is 20.1 Å². The van der Waals surface area contributed by atoms with Crippen molar-refractivity contribution in [3.8, 4) is 11.5 Å². The minimum absolute atomic E-state index is 0.103. The number of nitrogens with one attached hydrogen (secondary N) is 2. The first kappa shape index (κ1) is 18.5. The molecule has 2 N–H and O–H groups in total. The Bertz CT molecular complexity index is 890. The van der Waals surface area contributed by atoms with Gasteiger partial charge in [0.1, 0.15) is 6.61 Å². The van der Waals surface area contributed by atoms with E-state index in [1.54, 1.807) is 26.2 Å². The first-order valence-electron chi connectivity index (χ1n) is 8.63. The van der Waals surface area contributed by atoms with Gasteiger partial charge in [0.2, 0.25) is 0 Å². The quantitative estimate of drug-likeness (QED) is 0.820. The summed E-state index contributed by atoms with van der Waals surface area (Å²) in [6, 6.07) is 14.4. The van der Waals surface area contributed by atoms with Crippen LogP contribution in [0.25, 0.3) is 0 Å². The van der Waals surface area contributed by atoms with E-state index in [4.69, 9.17) is 9.47 Å². The highest BCUT2D eigenvalue weighted by Gasteiger charge is 2.29. The van der Waals surface area contributed by atoms with E-state index in [0.717, 1.165) is 11.1 Å². The summed E-state index contributed by atoms with van der Waals surface area (Å²) in [5.74, 6) is 1.03. The largest absolute Gasteiger partial charge is 0.493 e. The van der Waals surface area contributed by atoms with Crippen LogP contribution in [-0.4, -0.2) is 18.9 Å². The molecule has 0 radical (unpaired) electrons. The molecule has 0 unspecified atom stereocenters. The van der Waals surface area contributed by atoms with Crippen LogP contribution in [0.1, 0.15) is 31.0 Å². The Kier molecular flexibility index (Phi) is 5.45. The molecule has 0 aliphatic carbocycles. The van der Waals surface area contributed by atoms with Crippen LogP contribution in [0.4, 0.5) is 4.79 Å². The van der Waals surface area contributed by atoms with Gasteiger partial charge in [-0.05, 0) is 37.1 Å². The molecule has 1 heterocycles. The molecule has 0 saturated carbocycles. The molecule has 0 spiro atoms. The Labute approximate surface area is 158 Å². The fourth-order valence-electron chi connectivity index (χ4n) is 3.13. The van der Waals surface area contributed by atoms with Crippen LogP contribution in [0.15, 0.2) is 59.8 Å². The number of methoxy groups -OCH3 is 1. The lowest BCUT2D eigenvalue weighted by molar-refractivity contribution is -0.114. The summed E-state index contributed by atoms with van der Waals surface area (Å²) in [6.07, 6.45) is 0. The number of ketones is 1. The maximum absolute atomic E-state index is 12.1. The molecule has 3 rings (SSSR count).